The molecule has 0 aromatic heterocycles. The Morgan fingerprint density at radius 1 is 0.576 bits per heavy atom. The lowest BCUT2D eigenvalue weighted by molar-refractivity contribution is 0.0646. The molecule has 0 bridgehead atoms. The molecule has 2 aliphatic heterocycles. The molecule has 0 radical (unpaired) electrons. The summed E-state index contributed by atoms with van der Waals surface area (Å²) in [6.45, 7) is 0.248. The van der Waals surface area contributed by atoms with Crippen molar-refractivity contribution in [3.05, 3.63) is 69.8 Å². The molecule has 0 unspecified atom stereocenters. The number of nitrogens with zero attached hydrogens (tertiary/aromatic N) is 2. The number of fused-ring (bicyclic) bond motifs is 2. The summed E-state index contributed by atoms with van der Waals surface area (Å²) in [6.07, 6.45) is 1.38. The molecule has 0 aliphatic carbocycles. The van der Waals surface area contributed by atoms with Crippen LogP contribution in [0.15, 0.2) is 36.4 Å². The summed E-state index contributed by atoms with van der Waals surface area (Å²) in [7, 11) is 0. The maximum absolute atomic E-state index is 12.5. The average molecular weight is 450 g/mol. The van der Waals surface area contributed by atoms with Crippen LogP contribution in [0.3, 0.4) is 0 Å². The van der Waals surface area contributed by atoms with E-state index in [2.05, 4.69) is 0 Å². The van der Waals surface area contributed by atoms with Gasteiger partial charge in [-0.25, -0.2) is 9.59 Å². The van der Waals surface area contributed by atoms with Gasteiger partial charge in [0.2, 0.25) is 0 Å². The molecule has 2 heterocycles. The second-order valence-electron chi connectivity index (χ2n) is 7.72. The second-order valence-corrected chi connectivity index (χ2v) is 7.72. The zero-order valence-corrected chi connectivity index (χ0v) is 17.2. The highest BCUT2D eigenvalue weighted by molar-refractivity contribution is 6.22. The molecule has 10 heteroatoms. The maximum atomic E-state index is 12.5. The topological polar surface area (TPSA) is 149 Å². The van der Waals surface area contributed by atoms with Gasteiger partial charge >= 0.3 is 11.9 Å². The van der Waals surface area contributed by atoms with Crippen LogP contribution in [0.2, 0.25) is 0 Å². The van der Waals surface area contributed by atoms with Crippen LogP contribution in [0.4, 0.5) is 0 Å². The molecular formula is C23H18N2O8. The van der Waals surface area contributed by atoms with Crippen molar-refractivity contribution in [3.8, 4) is 0 Å². The van der Waals surface area contributed by atoms with E-state index in [-0.39, 0.29) is 46.5 Å². The summed E-state index contributed by atoms with van der Waals surface area (Å²) < 4.78 is 0. The first-order chi connectivity index (χ1) is 15.7. The fraction of sp³-hybridized carbons (Fsp3) is 0.217. The van der Waals surface area contributed by atoms with Crippen molar-refractivity contribution >= 4 is 35.6 Å². The number of hydrogen-bond acceptors (Lipinski definition) is 6. The van der Waals surface area contributed by atoms with E-state index in [1.165, 1.54) is 36.4 Å². The number of unbranched alkanes of at least 4 members (excludes halogenated alkanes) is 2. The third kappa shape index (κ3) is 3.75. The molecule has 10 nitrogen and oxygen atoms in total. The van der Waals surface area contributed by atoms with Gasteiger partial charge in [-0.05, 0) is 55.7 Å². The number of hydrogen-bond donors (Lipinski definition) is 2. The van der Waals surface area contributed by atoms with Crippen LogP contribution in [-0.2, 0) is 0 Å². The van der Waals surface area contributed by atoms with Crippen molar-refractivity contribution in [2.45, 2.75) is 19.3 Å². The van der Waals surface area contributed by atoms with Crippen LogP contribution in [0.1, 0.15) is 81.4 Å². The number of carboxylic acids is 2. The van der Waals surface area contributed by atoms with E-state index in [0.717, 1.165) is 9.80 Å². The van der Waals surface area contributed by atoms with E-state index < -0.39 is 35.6 Å². The van der Waals surface area contributed by atoms with E-state index in [1.807, 2.05) is 0 Å². The summed E-state index contributed by atoms with van der Waals surface area (Å²) in [5.74, 6) is -4.45. The van der Waals surface area contributed by atoms with Crippen molar-refractivity contribution in [1.82, 2.24) is 9.80 Å². The molecule has 168 valence electrons. The predicted octanol–water partition coefficient (Wildman–Crippen LogP) is 2.15. The quantitative estimate of drug-likeness (QED) is 0.459. The number of rotatable bonds is 8. The minimum absolute atomic E-state index is 0.0617. The Balaban J connectivity index is 1.31. The highest BCUT2D eigenvalue weighted by Gasteiger charge is 2.37. The van der Waals surface area contributed by atoms with Crippen molar-refractivity contribution in [1.29, 1.82) is 0 Å². The van der Waals surface area contributed by atoms with Gasteiger partial charge in [-0.1, -0.05) is 0 Å². The molecule has 0 atom stereocenters. The molecule has 0 spiro atoms. The van der Waals surface area contributed by atoms with E-state index in [0.29, 0.717) is 19.3 Å². The van der Waals surface area contributed by atoms with Crippen LogP contribution in [0.25, 0.3) is 0 Å². The summed E-state index contributed by atoms with van der Waals surface area (Å²) in [5.41, 5.74) is 0.299. The van der Waals surface area contributed by atoms with Gasteiger partial charge in [-0.3, -0.25) is 29.0 Å². The Bertz CT molecular complexity index is 1150. The van der Waals surface area contributed by atoms with E-state index in [4.69, 9.17) is 10.2 Å². The van der Waals surface area contributed by atoms with E-state index in [1.54, 1.807) is 0 Å². The molecule has 2 aromatic rings. The number of amides is 4. The molecule has 2 aromatic carbocycles. The number of carbonyl (C=O) groups excluding carboxylic acids is 4. The highest BCUT2D eigenvalue weighted by Crippen LogP contribution is 2.26. The molecule has 0 fully saturated rings. The number of benzene rings is 2. The van der Waals surface area contributed by atoms with Crippen LogP contribution >= 0.6 is 0 Å². The molecule has 2 N–H and O–H groups in total. The van der Waals surface area contributed by atoms with Crippen molar-refractivity contribution in [2.24, 2.45) is 0 Å². The summed E-state index contributed by atoms with van der Waals surface area (Å²) in [6, 6.07) is 7.59. The summed E-state index contributed by atoms with van der Waals surface area (Å²) in [5, 5.41) is 18.1. The highest BCUT2D eigenvalue weighted by atomic mass is 16.4. The van der Waals surface area contributed by atoms with E-state index in [9.17, 15) is 28.8 Å². The second kappa shape index (κ2) is 8.30. The number of carboxylic acid groups (broad SMARTS) is 2. The van der Waals surface area contributed by atoms with E-state index >= 15 is 0 Å². The van der Waals surface area contributed by atoms with Gasteiger partial charge in [0, 0.05) is 13.1 Å². The lowest BCUT2D eigenvalue weighted by atomic mass is 10.1. The number of imide groups is 2. The largest absolute Gasteiger partial charge is 0.478 e. The van der Waals surface area contributed by atoms with Crippen LogP contribution in [-0.4, -0.2) is 68.7 Å². The van der Waals surface area contributed by atoms with Crippen molar-refractivity contribution < 1.29 is 39.0 Å². The third-order valence-corrected chi connectivity index (χ3v) is 5.70. The molecule has 0 saturated carbocycles. The lowest BCUT2D eigenvalue weighted by Gasteiger charge is -2.15. The van der Waals surface area contributed by atoms with Crippen molar-refractivity contribution in [3.63, 3.8) is 0 Å². The monoisotopic (exact) mass is 450 g/mol. The van der Waals surface area contributed by atoms with Gasteiger partial charge in [0.05, 0.1) is 33.4 Å². The van der Waals surface area contributed by atoms with Gasteiger partial charge in [0.1, 0.15) is 0 Å². The Morgan fingerprint density at radius 3 is 1.30 bits per heavy atom. The zero-order valence-electron chi connectivity index (χ0n) is 17.2. The van der Waals surface area contributed by atoms with Crippen LogP contribution < -0.4 is 0 Å². The summed E-state index contributed by atoms with van der Waals surface area (Å²) >= 11 is 0. The SMILES string of the molecule is O=C(O)c1ccc2c(c1)C(=O)N(CCCCCN1C(=O)c3ccc(C(=O)O)cc3C1=O)C2=O. The third-order valence-electron chi connectivity index (χ3n) is 5.70. The molecule has 4 rings (SSSR count). The fourth-order valence-corrected chi connectivity index (χ4v) is 3.97. The van der Waals surface area contributed by atoms with Crippen LogP contribution in [0.5, 0.6) is 0 Å². The normalized spacial score (nSPS) is 14.7. The lowest BCUT2D eigenvalue weighted by Crippen LogP contribution is -2.32. The van der Waals surface area contributed by atoms with Gasteiger partial charge in [-0.2, -0.15) is 0 Å². The number of aromatic carboxylic acids is 2. The molecule has 4 amide bonds. The van der Waals surface area contributed by atoms with Gasteiger partial charge in [0.25, 0.3) is 23.6 Å². The van der Waals surface area contributed by atoms with Gasteiger partial charge < -0.3 is 10.2 Å². The number of carbonyl (C=O) groups is 6. The molecule has 0 saturated heterocycles. The molecular weight excluding hydrogens is 432 g/mol. The Kier molecular flexibility index (Phi) is 5.50. The molecule has 33 heavy (non-hydrogen) atoms. The first-order valence-electron chi connectivity index (χ1n) is 10.2. The minimum atomic E-state index is -1.19. The Labute approximate surface area is 187 Å². The van der Waals surface area contributed by atoms with Crippen LogP contribution in [0, 0.1) is 0 Å². The smallest absolute Gasteiger partial charge is 0.335 e. The summed E-state index contributed by atoms with van der Waals surface area (Å²) in [4.78, 5) is 74.3. The standard InChI is InChI=1S/C23H18N2O8/c26-18-14-6-4-12(22(30)31)10-16(14)20(28)24(18)8-2-1-3-9-25-19(27)15-7-5-13(23(32)33)11-17(15)21(25)29/h4-7,10-11H,1-3,8-9H2,(H,30,31)(H,32,33). The minimum Gasteiger partial charge on any atom is -0.478 e. The first kappa shape index (κ1) is 21.9. The Hall–Kier alpha value is -4.34. The van der Waals surface area contributed by atoms with Gasteiger partial charge in [0.15, 0.2) is 0 Å². The predicted molar refractivity (Wildman–Crippen MR) is 111 cm³/mol. The zero-order chi connectivity index (χ0) is 23.9. The first-order valence-corrected chi connectivity index (χ1v) is 10.2. The average Bonchev–Trinajstić information content (AvgIpc) is 3.18. The maximum Gasteiger partial charge on any atom is 0.335 e. The molecule has 2 aliphatic rings. The van der Waals surface area contributed by atoms with Gasteiger partial charge in [-0.15, -0.1) is 0 Å². The fourth-order valence-electron chi connectivity index (χ4n) is 3.97. The van der Waals surface area contributed by atoms with Crippen molar-refractivity contribution in [2.75, 3.05) is 13.1 Å². The Morgan fingerprint density at radius 2 is 0.939 bits per heavy atom.